The first-order valence-corrected chi connectivity index (χ1v) is 4.96. The molecule has 82 valence electrons. The van der Waals surface area contributed by atoms with Crippen LogP contribution in [-0.4, -0.2) is 24.9 Å². The quantitative estimate of drug-likeness (QED) is 0.812. The largest absolute Gasteiger partial charge is 0.368 e. The van der Waals surface area contributed by atoms with E-state index >= 15 is 0 Å². The van der Waals surface area contributed by atoms with Crippen LogP contribution in [0.25, 0.3) is 0 Å². The van der Waals surface area contributed by atoms with E-state index in [2.05, 4.69) is 6.07 Å². The fraction of sp³-hybridized carbons (Fsp3) is 0.417. The number of carbonyl (C=O) groups excluding carboxylic acids is 1. The summed E-state index contributed by atoms with van der Waals surface area (Å²) in [4.78, 5) is 13.2. The second kappa shape index (κ2) is 4.45. The maximum absolute atomic E-state index is 11.4. The Balaban J connectivity index is 3.17. The van der Waals surface area contributed by atoms with Crippen LogP contribution in [0.3, 0.4) is 0 Å². The molecular formula is C12H18N2O. The topological polar surface area (TPSA) is 46.3 Å². The van der Waals surface area contributed by atoms with Crippen molar-refractivity contribution in [3.63, 3.8) is 0 Å². The van der Waals surface area contributed by atoms with Gasteiger partial charge in [-0.05, 0) is 39.1 Å². The summed E-state index contributed by atoms with van der Waals surface area (Å²) in [5.74, 6) is -0.313. The van der Waals surface area contributed by atoms with Crippen molar-refractivity contribution in [1.82, 2.24) is 4.90 Å². The van der Waals surface area contributed by atoms with Crippen molar-refractivity contribution in [2.45, 2.75) is 19.9 Å². The average molecular weight is 206 g/mol. The molecule has 1 rings (SSSR count). The minimum absolute atomic E-state index is 0.313. The third-order valence-corrected chi connectivity index (χ3v) is 2.51. The minimum Gasteiger partial charge on any atom is -0.368 e. The standard InChI is InChI=1S/C12H18N2O/c1-8-5-6-10(9(2)7-8)11(12(13)15)14(3)4/h5-7,11H,1-4H3,(H2,13,15). The Morgan fingerprint density at radius 2 is 1.93 bits per heavy atom. The first-order chi connectivity index (χ1) is 6.93. The van der Waals surface area contributed by atoms with E-state index in [1.54, 1.807) is 0 Å². The predicted molar refractivity (Wildman–Crippen MR) is 61.5 cm³/mol. The molecule has 3 nitrogen and oxygen atoms in total. The summed E-state index contributed by atoms with van der Waals surface area (Å²) >= 11 is 0. The molecule has 0 bridgehead atoms. The summed E-state index contributed by atoms with van der Waals surface area (Å²) in [5, 5.41) is 0. The second-order valence-electron chi connectivity index (χ2n) is 4.13. The van der Waals surface area contributed by atoms with Gasteiger partial charge < -0.3 is 5.73 Å². The normalized spacial score (nSPS) is 12.9. The molecule has 0 aliphatic rings. The average Bonchev–Trinajstić information content (AvgIpc) is 2.08. The first kappa shape index (κ1) is 11.7. The van der Waals surface area contributed by atoms with Crippen molar-refractivity contribution >= 4 is 5.91 Å². The maximum atomic E-state index is 11.4. The minimum atomic E-state index is -0.342. The van der Waals surface area contributed by atoms with Crippen LogP contribution in [0.5, 0.6) is 0 Å². The van der Waals surface area contributed by atoms with Gasteiger partial charge in [0.25, 0.3) is 0 Å². The molecule has 1 atom stereocenters. The highest BCUT2D eigenvalue weighted by molar-refractivity contribution is 5.81. The van der Waals surface area contributed by atoms with Crippen LogP contribution in [0, 0.1) is 13.8 Å². The highest BCUT2D eigenvalue weighted by Crippen LogP contribution is 2.22. The van der Waals surface area contributed by atoms with Crippen molar-refractivity contribution in [2.24, 2.45) is 5.73 Å². The molecule has 3 heteroatoms. The van der Waals surface area contributed by atoms with Gasteiger partial charge in [0.15, 0.2) is 0 Å². The molecule has 0 aliphatic carbocycles. The van der Waals surface area contributed by atoms with Crippen LogP contribution in [0.4, 0.5) is 0 Å². The fourth-order valence-electron chi connectivity index (χ4n) is 1.82. The molecule has 1 unspecified atom stereocenters. The van der Waals surface area contributed by atoms with E-state index in [9.17, 15) is 4.79 Å². The molecule has 1 aromatic carbocycles. The van der Waals surface area contributed by atoms with E-state index in [0.29, 0.717) is 0 Å². The lowest BCUT2D eigenvalue weighted by molar-refractivity contribution is -0.122. The SMILES string of the molecule is Cc1ccc(C(C(N)=O)N(C)C)c(C)c1. The number of nitrogens with zero attached hydrogens (tertiary/aromatic N) is 1. The molecule has 1 amide bonds. The van der Waals surface area contributed by atoms with Crippen molar-refractivity contribution in [3.8, 4) is 0 Å². The third kappa shape index (κ3) is 2.57. The highest BCUT2D eigenvalue weighted by Gasteiger charge is 2.21. The number of hydrogen-bond acceptors (Lipinski definition) is 2. The summed E-state index contributed by atoms with van der Waals surface area (Å²) in [6.45, 7) is 4.04. The van der Waals surface area contributed by atoms with Crippen molar-refractivity contribution < 1.29 is 4.79 Å². The molecule has 2 N–H and O–H groups in total. The molecule has 15 heavy (non-hydrogen) atoms. The lowest BCUT2D eigenvalue weighted by Gasteiger charge is -2.23. The van der Waals surface area contributed by atoms with Gasteiger partial charge in [-0.1, -0.05) is 23.8 Å². The zero-order chi connectivity index (χ0) is 11.6. The van der Waals surface area contributed by atoms with E-state index in [0.717, 1.165) is 11.1 Å². The number of carbonyl (C=O) groups is 1. The van der Waals surface area contributed by atoms with E-state index in [-0.39, 0.29) is 11.9 Å². The molecule has 0 heterocycles. The van der Waals surface area contributed by atoms with Gasteiger partial charge in [-0.15, -0.1) is 0 Å². The van der Waals surface area contributed by atoms with E-state index in [4.69, 9.17) is 5.73 Å². The molecule has 0 fully saturated rings. The molecule has 0 aromatic heterocycles. The number of likely N-dealkylation sites (N-methyl/N-ethyl adjacent to an activating group) is 1. The molecule has 1 aromatic rings. The Morgan fingerprint density at radius 1 is 1.33 bits per heavy atom. The van der Waals surface area contributed by atoms with Crippen molar-refractivity contribution in [1.29, 1.82) is 0 Å². The highest BCUT2D eigenvalue weighted by atomic mass is 16.1. The Morgan fingerprint density at radius 3 is 2.33 bits per heavy atom. The molecule has 0 saturated carbocycles. The van der Waals surface area contributed by atoms with Crippen LogP contribution in [0.1, 0.15) is 22.7 Å². The van der Waals surface area contributed by atoms with Crippen LogP contribution in [0.2, 0.25) is 0 Å². The van der Waals surface area contributed by atoms with Gasteiger partial charge >= 0.3 is 0 Å². The Bertz CT molecular complexity index is 372. The molecule has 0 spiro atoms. The lowest BCUT2D eigenvalue weighted by atomic mass is 9.98. The van der Waals surface area contributed by atoms with Crippen LogP contribution in [-0.2, 0) is 4.79 Å². The summed E-state index contributed by atoms with van der Waals surface area (Å²) < 4.78 is 0. The number of aryl methyl sites for hydroxylation is 2. The number of nitrogens with two attached hydrogens (primary N) is 1. The number of hydrogen-bond donors (Lipinski definition) is 1. The van der Waals surface area contributed by atoms with Crippen molar-refractivity contribution in [2.75, 3.05) is 14.1 Å². The van der Waals surface area contributed by atoms with Gasteiger partial charge in [0, 0.05) is 0 Å². The third-order valence-electron chi connectivity index (χ3n) is 2.51. The molecule has 0 saturated heterocycles. The maximum Gasteiger partial charge on any atom is 0.239 e. The first-order valence-electron chi connectivity index (χ1n) is 4.96. The molecule has 0 aliphatic heterocycles. The van der Waals surface area contributed by atoms with Gasteiger partial charge in [-0.3, -0.25) is 9.69 Å². The van der Waals surface area contributed by atoms with Crippen molar-refractivity contribution in [3.05, 3.63) is 34.9 Å². The van der Waals surface area contributed by atoms with Gasteiger partial charge in [-0.2, -0.15) is 0 Å². The van der Waals surface area contributed by atoms with Crippen LogP contribution >= 0.6 is 0 Å². The number of amides is 1. The summed E-state index contributed by atoms with van der Waals surface area (Å²) in [5.41, 5.74) is 8.68. The smallest absolute Gasteiger partial charge is 0.239 e. The monoisotopic (exact) mass is 206 g/mol. The van der Waals surface area contributed by atoms with Gasteiger partial charge in [0.2, 0.25) is 5.91 Å². The van der Waals surface area contributed by atoms with Gasteiger partial charge in [-0.25, -0.2) is 0 Å². The zero-order valence-electron chi connectivity index (χ0n) is 9.74. The lowest BCUT2D eigenvalue weighted by Crippen LogP contribution is -2.33. The number of primary amides is 1. The summed E-state index contributed by atoms with van der Waals surface area (Å²) in [7, 11) is 3.71. The molecular weight excluding hydrogens is 188 g/mol. The Labute approximate surface area is 90.9 Å². The number of benzene rings is 1. The Hall–Kier alpha value is -1.35. The molecule has 0 radical (unpaired) electrons. The fourth-order valence-corrected chi connectivity index (χ4v) is 1.82. The van der Waals surface area contributed by atoms with Crippen LogP contribution < -0.4 is 5.73 Å². The Kier molecular flexibility index (Phi) is 3.48. The van der Waals surface area contributed by atoms with Gasteiger partial charge in [0.05, 0.1) is 0 Å². The number of rotatable bonds is 3. The van der Waals surface area contributed by atoms with E-state index < -0.39 is 0 Å². The van der Waals surface area contributed by atoms with E-state index in [1.165, 1.54) is 5.56 Å². The summed E-state index contributed by atoms with van der Waals surface area (Å²) in [6, 6.07) is 5.70. The van der Waals surface area contributed by atoms with Crippen LogP contribution in [0.15, 0.2) is 18.2 Å². The zero-order valence-corrected chi connectivity index (χ0v) is 9.74. The summed E-state index contributed by atoms with van der Waals surface area (Å²) in [6.07, 6.45) is 0. The second-order valence-corrected chi connectivity index (χ2v) is 4.13. The predicted octanol–water partition coefficient (Wildman–Crippen LogP) is 1.39. The van der Waals surface area contributed by atoms with E-state index in [1.807, 2.05) is 45.0 Å². The van der Waals surface area contributed by atoms with Gasteiger partial charge in [0.1, 0.15) is 6.04 Å².